The van der Waals surface area contributed by atoms with Crippen LogP contribution in [-0.2, 0) is 6.42 Å². The van der Waals surface area contributed by atoms with Crippen molar-refractivity contribution in [1.29, 1.82) is 0 Å². The highest BCUT2D eigenvalue weighted by Gasteiger charge is 2.16. The molecule has 0 saturated carbocycles. The molecule has 4 heterocycles. The van der Waals surface area contributed by atoms with E-state index in [2.05, 4.69) is 36.6 Å². The average Bonchev–Trinajstić information content (AvgIpc) is 3.52. The van der Waals surface area contributed by atoms with Gasteiger partial charge in [-0.15, -0.1) is 0 Å². The lowest BCUT2D eigenvalue weighted by Crippen LogP contribution is -2.23. The van der Waals surface area contributed by atoms with Crippen LogP contribution in [0.25, 0.3) is 51.5 Å². The molecule has 0 unspecified atom stereocenters. The smallest absolute Gasteiger partial charge is 0.159 e. The Kier molecular flexibility index (Phi) is 7.47. The SMILES string of the molecule is C=C(/C=c1/c(-c2nc3c(-c4cc(F)cc(CCCN(C)C)c4)nccc3[nH]2)n[nH]/c1=C/C)c1cnccc1C. The van der Waals surface area contributed by atoms with E-state index in [0.717, 1.165) is 57.7 Å². The zero-order valence-electron chi connectivity index (χ0n) is 22.7. The van der Waals surface area contributed by atoms with Gasteiger partial charge in [-0.1, -0.05) is 12.7 Å². The predicted molar refractivity (Wildman–Crippen MR) is 156 cm³/mol. The fraction of sp³-hybridized carbons (Fsp3) is 0.226. The zero-order chi connectivity index (χ0) is 27.5. The summed E-state index contributed by atoms with van der Waals surface area (Å²) in [6.07, 6.45) is 11.0. The van der Waals surface area contributed by atoms with E-state index in [4.69, 9.17) is 4.98 Å². The van der Waals surface area contributed by atoms with E-state index >= 15 is 0 Å². The van der Waals surface area contributed by atoms with E-state index < -0.39 is 0 Å². The maximum Gasteiger partial charge on any atom is 0.159 e. The number of nitrogens with zero attached hydrogens (tertiary/aromatic N) is 5. The van der Waals surface area contributed by atoms with Gasteiger partial charge < -0.3 is 9.88 Å². The number of benzene rings is 1. The molecule has 39 heavy (non-hydrogen) atoms. The molecule has 8 heteroatoms. The third-order valence-electron chi connectivity index (χ3n) is 6.75. The summed E-state index contributed by atoms with van der Waals surface area (Å²) >= 11 is 0. The Morgan fingerprint density at radius 2 is 1.97 bits per heavy atom. The van der Waals surface area contributed by atoms with Gasteiger partial charge in [0.25, 0.3) is 0 Å². The Hall–Kier alpha value is -4.43. The molecule has 5 rings (SSSR count). The molecular weight excluding hydrogens is 489 g/mol. The monoisotopic (exact) mass is 521 g/mol. The molecule has 1 aromatic carbocycles. The van der Waals surface area contributed by atoms with Gasteiger partial charge in [0.05, 0.1) is 16.6 Å². The number of halogens is 1. The number of fused-ring (bicyclic) bond motifs is 1. The fourth-order valence-electron chi connectivity index (χ4n) is 4.75. The van der Waals surface area contributed by atoms with Crippen molar-refractivity contribution in [2.24, 2.45) is 0 Å². The van der Waals surface area contributed by atoms with E-state index in [0.29, 0.717) is 28.3 Å². The lowest BCUT2D eigenvalue weighted by molar-refractivity contribution is 0.400. The van der Waals surface area contributed by atoms with Crippen LogP contribution in [0.3, 0.4) is 0 Å². The highest BCUT2D eigenvalue weighted by molar-refractivity contribution is 5.92. The lowest BCUT2D eigenvalue weighted by atomic mass is 10.0. The summed E-state index contributed by atoms with van der Waals surface area (Å²) in [6, 6.07) is 8.95. The second-order valence-electron chi connectivity index (χ2n) is 9.94. The van der Waals surface area contributed by atoms with E-state index in [9.17, 15) is 4.39 Å². The normalized spacial score (nSPS) is 12.7. The van der Waals surface area contributed by atoms with Gasteiger partial charge in [-0.3, -0.25) is 15.1 Å². The molecule has 4 aromatic heterocycles. The highest BCUT2D eigenvalue weighted by Crippen LogP contribution is 2.28. The summed E-state index contributed by atoms with van der Waals surface area (Å²) in [6.45, 7) is 9.21. The number of hydrogen-bond acceptors (Lipinski definition) is 5. The molecule has 0 spiro atoms. The number of pyridine rings is 2. The first kappa shape index (κ1) is 26.2. The van der Waals surface area contributed by atoms with Gasteiger partial charge in [-0.2, -0.15) is 5.10 Å². The number of hydrogen-bond donors (Lipinski definition) is 2. The van der Waals surface area contributed by atoms with Gasteiger partial charge in [0.15, 0.2) is 5.82 Å². The summed E-state index contributed by atoms with van der Waals surface area (Å²) < 4.78 is 14.7. The summed E-state index contributed by atoms with van der Waals surface area (Å²) in [5, 5.41) is 9.41. The van der Waals surface area contributed by atoms with Crippen LogP contribution < -0.4 is 10.6 Å². The number of aromatic amines is 2. The van der Waals surface area contributed by atoms with Gasteiger partial charge in [0, 0.05) is 34.9 Å². The largest absolute Gasteiger partial charge is 0.336 e. The number of aromatic nitrogens is 6. The summed E-state index contributed by atoms with van der Waals surface area (Å²) in [7, 11) is 4.08. The van der Waals surface area contributed by atoms with Crippen molar-refractivity contribution >= 4 is 28.8 Å². The van der Waals surface area contributed by atoms with Crippen molar-refractivity contribution in [3.63, 3.8) is 0 Å². The Balaban J connectivity index is 1.58. The molecule has 7 nitrogen and oxygen atoms in total. The van der Waals surface area contributed by atoms with E-state index in [1.165, 1.54) is 6.07 Å². The molecule has 5 aromatic rings. The molecule has 0 amide bonds. The Bertz CT molecular complexity index is 1780. The standard InChI is InChI=1S/C31H32FN7/c1-6-26-24(14-20(3)25-18-33-11-9-19(25)2)29(38-37-26)31-35-27-10-12-34-28(30(27)36-31)22-15-21(16-23(32)17-22)8-7-13-39(4)5/h6,9-12,14-18,37H,3,7-8,13H2,1-2,4-5H3,(H,35,36)/b24-14+,26-6+. The average molecular weight is 522 g/mol. The van der Waals surface area contributed by atoms with Crippen molar-refractivity contribution in [3.05, 3.63) is 88.6 Å². The molecular formula is C31H32FN7. The van der Waals surface area contributed by atoms with Crippen LogP contribution in [-0.4, -0.2) is 55.7 Å². The second-order valence-corrected chi connectivity index (χ2v) is 9.94. The van der Waals surface area contributed by atoms with Crippen LogP contribution in [0.1, 0.15) is 30.0 Å². The maximum atomic E-state index is 14.7. The summed E-state index contributed by atoms with van der Waals surface area (Å²) in [5.41, 5.74) is 7.28. The minimum absolute atomic E-state index is 0.279. The third kappa shape index (κ3) is 5.56. The van der Waals surface area contributed by atoms with E-state index in [-0.39, 0.29) is 5.82 Å². The first-order chi connectivity index (χ1) is 18.8. The molecule has 198 valence electrons. The first-order valence-electron chi connectivity index (χ1n) is 13.0. The molecule has 0 fully saturated rings. The highest BCUT2D eigenvalue weighted by atomic mass is 19.1. The molecule has 2 N–H and O–H groups in total. The zero-order valence-corrected chi connectivity index (χ0v) is 22.7. The molecule has 0 aliphatic rings. The van der Waals surface area contributed by atoms with Crippen molar-refractivity contribution in [1.82, 2.24) is 35.0 Å². The quantitative estimate of drug-likeness (QED) is 0.311. The molecule has 0 radical (unpaired) electrons. The van der Waals surface area contributed by atoms with Crippen LogP contribution in [0.15, 0.2) is 55.5 Å². The predicted octanol–water partition coefficient (Wildman–Crippen LogP) is 4.65. The lowest BCUT2D eigenvalue weighted by Gasteiger charge is -2.10. The number of H-pyrrole nitrogens is 2. The molecule has 0 aliphatic carbocycles. The fourth-order valence-corrected chi connectivity index (χ4v) is 4.75. The number of aryl methyl sites for hydroxylation is 2. The second kappa shape index (κ2) is 11.1. The minimum atomic E-state index is -0.279. The topological polar surface area (TPSA) is 86.4 Å². The third-order valence-corrected chi connectivity index (χ3v) is 6.75. The van der Waals surface area contributed by atoms with Gasteiger partial charge in [0.1, 0.15) is 17.0 Å². The summed E-state index contributed by atoms with van der Waals surface area (Å²) in [4.78, 5) is 19.3. The number of nitrogens with one attached hydrogen (secondary N) is 2. The van der Waals surface area contributed by atoms with Crippen LogP contribution in [0.5, 0.6) is 0 Å². The maximum absolute atomic E-state index is 14.7. The van der Waals surface area contributed by atoms with Crippen LogP contribution in [0.2, 0.25) is 0 Å². The minimum Gasteiger partial charge on any atom is -0.336 e. The first-order valence-corrected chi connectivity index (χ1v) is 13.0. The number of imidazole rings is 1. The van der Waals surface area contributed by atoms with E-state index in [1.807, 2.05) is 64.5 Å². The molecule has 0 saturated heterocycles. The van der Waals surface area contributed by atoms with Crippen molar-refractivity contribution in [2.45, 2.75) is 26.7 Å². The van der Waals surface area contributed by atoms with Crippen LogP contribution >= 0.6 is 0 Å². The van der Waals surface area contributed by atoms with Crippen molar-refractivity contribution in [2.75, 3.05) is 20.6 Å². The van der Waals surface area contributed by atoms with Gasteiger partial charge in [-0.25, -0.2) is 9.37 Å². The van der Waals surface area contributed by atoms with Gasteiger partial charge in [0.2, 0.25) is 0 Å². The molecule has 0 atom stereocenters. The molecule has 0 bridgehead atoms. The molecule has 0 aliphatic heterocycles. The number of rotatable bonds is 8. The Labute approximate surface area is 226 Å². The van der Waals surface area contributed by atoms with Gasteiger partial charge in [-0.05, 0) is 100 Å². The Morgan fingerprint density at radius 1 is 1.13 bits per heavy atom. The van der Waals surface area contributed by atoms with Crippen LogP contribution in [0, 0.1) is 12.7 Å². The van der Waals surface area contributed by atoms with Crippen molar-refractivity contribution < 1.29 is 4.39 Å². The Morgan fingerprint density at radius 3 is 2.74 bits per heavy atom. The van der Waals surface area contributed by atoms with E-state index in [1.54, 1.807) is 18.5 Å². The van der Waals surface area contributed by atoms with Crippen LogP contribution in [0.4, 0.5) is 4.39 Å². The van der Waals surface area contributed by atoms with Crippen molar-refractivity contribution in [3.8, 4) is 22.8 Å². The van der Waals surface area contributed by atoms with Gasteiger partial charge >= 0.3 is 0 Å². The summed E-state index contributed by atoms with van der Waals surface area (Å²) in [5.74, 6) is 0.312. The number of allylic oxidation sites excluding steroid dienone is 1.